The van der Waals surface area contributed by atoms with Gasteiger partial charge in [-0.3, -0.25) is 10.00 Å². The van der Waals surface area contributed by atoms with E-state index in [1.807, 2.05) is 17.6 Å². The molecular formula is C14H20N4O2S2. The van der Waals surface area contributed by atoms with Crippen LogP contribution in [0.1, 0.15) is 18.4 Å². The van der Waals surface area contributed by atoms with Gasteiger partial charge in [-0.25, -0.2) is 13.1 Å². The van der Waals surface area contributed by atoms with E-state index in [0.717, 1.165) is 43.7 Å². The van der Waals surface area contributed by atoms with E-state index in [1.54, 1.807) is 11.3 Å². The van der Waals surface area contributed by atoms with Crippen LogP contribution in [0.4, 0.5) is 0 Å². The van der Waals surface area contributed by atoms with Gasteiger partial charge in [0.15, 0.2) is 0 Å². The van der Waals surface area contributed by atoms with E-state index in [0.29, 0.717) is 0 Å². The maximum absolute atomic E-state index is 11.4. The van der Waals surface area contributed by atoms with Gasteiger partial charge >= 0.3 is 0 Å². The van der Waals surface area contributed by atoms with Gasteiger partial charge in [0.1, 0.15) is 0 Å². The molecule has 1 saturated heterocycles. The largest absolute Gasteiger partial charge is 0.297 e. The Morgan fingerprint density at radius 3 is 3.14 bits per heavy atom. The molecule has 2 aromatic rings. The maximum atomic E-state index is 11.4. The molecule has 1 aliphatic heterocycles. The van der Waals surface area contributed by atoms with Gasteiger partial charge in [-0.15, -0.1) is 11.3 Å². The fraction of sp³-hybridized carbons (Fsp3) is 0.500. The molecule has 1 aliphatic rings. The summed E-state index contributed by atoms with van der Waals surface area (Å²) in [6, 6.07) is 4.10. The number of nitrogens with one attached hydrogen (secondary N) is 2. The first-order chi connectivity index (χ1) is 10.5. The van der Waals surface area contributed by atoms with E-state index in [4.69, 9.17) is 0 Å². The summed E-state index contributed by atoms with van der Waals surface area (Å²) < 4.78 is 25.5. The normalized spacial score (nSPS) is 20.3. The topological polar surface area (TPSA) is 78.1 Å². The quantitative estimate of drug-likeness (QED) is 0.867. The van der Waals surface area contributed by atoms with E-state index in [-0.39, 0.29) is 6.04 Å². The van der Waals surface area contributed by atoms with E-state index in [2.05, 4.69) is 25.9 Å². The van der Waals surface area contributed by atoms with Crippen LogP contribution in [-0.4, -0.2) is 48.9 Å². The highest BCUT2D eigenvalue weighted by Gasteiger charge is 2.23. The Morgan fingerprint density at radius 1 is 1.55 bits per heavy atom. The van der Waals surface area contributed by atoms with Crippen molar-refractivity contribution in [3.63, 3.8) is 0 Å². The minimum Gasteiger partial charge on any atom is -0.297 e. The van der Waals surface area contributed by atoms with E-state index >= 15 is 0 Å². The summed E-state index contributed by atoms with van der Waals surface area (Å²) in [5.41, 5.74) is 2.22. The molecule has 6 nitrogen and oxygen atoms in total. The second kappa shape index (κ2) is 6.49. The fourth-order valence-corrected chi connectivity index (χ4v) is 4.46. The van der Waals surface area contributed by atoms with E-state index in [1.165, 1.54) is 11.1 Å². The number of piperidine rings is 1. The average molecular weight is 340 g/mol. The van der Waals surface area contributed by atoms with Crippen molar-refractivity contribution >= 4 is 21.4 Å². The lowest BCUT2D eigenvalue weighted by molar-refractivity contribution is 0.195. The highest BCUT2D eigenvalue weighted by molar-refractivity contribution is 7.88. The number of likely N-dealkylation sites (tertiary alicyclic amines) is 1. The molecule has 3 rings (SSSR count). The summed E-state index contributed by atoms with van der Waals surface area (Å²) >= 11 is 1.68. The zero-order valence-electron chi connectivity index (χ0n) is 12.4. The summed E-state index contributed by atoms with van der Waals surface area (Å²) in [5.74, 6) is 0. The molecule has 22 heavy (non-hydrogen) atoms. The minimum absolute atomic E-state index is 0.000777. The minimum atomic E-state index is -3.15. The van der Waals surface area contributed by atoms with Crippen molar-refractivity contribution in [2.45, 2.75) is 25.4 Å². The Bertz CT molecular complexity index is 709. The molecule has 0 amide bonds. The van der Waals surface area contributed by atoms with Crippen LogP contribution in [-0.2, 0) is 16.6 Å². The summed E-state index contributed by atoms with van der Waals surface area (Å²) in [6.45, 7) is 2.50. The van der Waals surface area contributed by atoms with Gasteiger partial charge < -0.3 is 0 Å². The first-order valence-electron chi connectivity index (χ1n) is 7.27. The molecule has 0 bridgehead atoms. The van der Waals surface area contributed by atoms with Crippen molar-refractivity contribution in [3.8, 4) is 10.6 Å². The zero-order chi connectivity index (χ0) is 15.6. The van der Waals surface area contributed by atoms with Crippen LogP contribution in [0.3, 0.4) is 0 Å². The van der Waals surface area contributed by atoms with Crippen LogP contribution in [0.15, 0.2) is 23.7 Å². The Balaban J connectivity index is 1.68. The first kappa shape index (κ1) is 15.7. The molecule has 1 unspecified atom stereocenters. The number of sulfonamides is 1. The molecule has 0 spiro atoms. The SMILES string of the molecule is CS(=O)(=O)NC1CCCN(Cc2cn[nH]c2-c2cccs2)C1. The molecule has 1 fully saturated rings. The Kier molecular flexibility index (Phi) is 4.62. The average Bonchev–Trinajstić information content (AvgIpc) is 3.07. The van der Waals surface area contributed by atoms with Crippen LogP contribution in [0.2, 0.25) is 0 Å². The number of aromatic nitrogens is 2. The van der Waals surface area contributed by atoms with Gasteiger partial charge in [-0.05, 0) is 30.8 Å². The third kappa shape index (κ3) is 3.95. The number of rotatable bonds is 5. The number of hydrogen-bond donors (Lipinski definition) is 2. The highest BCUT2D eigenvalue weighted by atomic mass is 32.2. The predicted molar refractivity (Wildman–Crippen MR) is 88.2 cm³/mol. The Morgan fingerprint density at radius 2 is 2.41 bits per heavy atom. The van der Waals surface area contributed by atoms with Crippen molar-refractivity contribution in [3.05, 3.63) is 29.3 Å². The molecule has 3 heterocycles. The molecule has 0 saturated carbocycles. The third-order valence-corrected chi connectivity index (χ3v) is 5.41. The van der Waals surface area contributed by atoms with Crippen LogP contribution < -0.4 is 4.72 Å². The van der Waals surface area contributed by atoms with Crippen LogP contribution >= 0.6 is 11.3 Å². The molecule has 8 heteroatoms. The lowest BCUT2D eigenvalue weighted by Gasteiger charge is -2.32. The second-order valence-electron chi connectivity index (χ2n) is 5.71. The van der Waals surface area contributed by atoms with Crippen LogP contribution in [0.25, 0.3) is 10.6 Å². The third-order valence-electron chi connectivity index (χ3n) is 3.77. The Labute approximate surface area is 134 Å². The van der Waals surface area contributed by atoms with Gasteiger partial charge in [-0.2, -0.15) is 5.10 Å². The summed E-state index contributed by atoms with van der Waals surface area (Å²) in [5, 5.41) is 9.28. The number of aromatic amines is 1. The lowest BCUT2D eigenvalue weighted by atomic mass is 10.1. The number of H-pyrrole nitrogens is 1. The van der Waals surface area contributed by atoms with E-state index < -0.39 is 10.0 Å². The molecule has 0 aliphatic carbocycles. The van der Waals surface area contributed by atoms with Gasteiger partial charge in [0, 0.05) is 24.7 Å². The number of thiophene rings is 1. The van der Waals surface area contributed by atoms with Crippen molar-refractivity contribution in [2.24, 2.45) is 0 Å². The van der Waals surface area contributed by atoms with Crippen molar-refractivity contribution < 1.29 is 8.42 Å². The van der Waals surface area contributed by atoms with Gasteiger partial charge in [-0.1, -0.05) is 6.07 Å². The molecule has 1 atom stereocenters. The van der Waals surface area contributed by atoms with Crippen LogP contribution in [0.5, 0.6) is 0 Å². The summed E-state index contributed by atoms with van der Waals surface area (Å²) in [7, 11) is -3.15. The molecule has 120 valence electrons. The number of hydrogen-bond acceptors (Lipinski definition) is 5. The zero-order valence-corrected chi connectivity index (χ0v) is 14.1. The summed E-state index contributed by atoms with van der Waals surface area (Å²) in [6.07, 6.45) is 4.98. The molecule has 2 N–H and O–H groups in total. The molecule has 0 radical (unpaired) electrons. The van der Waals surface area contributed by atoms with E-state index in [9.17, 15) is 8.42 Å². The fourth-order valence-electron chi connectivity index (χ4n) is 2.90. The smallest absolute Gasteiger partial charge is 0.208 e. The van der Waals surface area contributed by atoms with Crippen molar-refractivity contribution in [2.75, 3.05) is 19.3 Å². The molecule has 0 aromatic carbocycles. The lowest BCUT2D eigenvalue weighted by Crippen LogP contribution is -2.46. The van der Waals surface area contributed by atoms with Crippen molar-refractivity contribution in [1.29, 1.82) is 0 Å². The predicted octanol–water partition coefficient (Wildman–Crippen LogP) is 1.65. The van der Waals surface area contributed by atoms with Gasteiger partial charge in [0.25, 0.3) is 0 Å². The monoisotopic (exact) mass is 340 g/mol. The standard InChI is InChI=1S/C14H20N4O2S2/c1-22(19,20)17-12-4-2-6-18(10-12)9-11-8-15-16-14(11)13-5-3-7-21-13/h3,5,7-8,12,17H,2,4,6,9-10H2,1H3,(H,15,16). The Hall–Kier alpha value is -1.22. The number of nitrogens with zero attached hydrogens (tertiary/aromatic N) is 2. The van der Waals surface area contributed by atoms with Gasteiger partial charge in [0.05, 0.1) is 23.0 Å². The molecular weight excluding hydrogens is 320 g/mol. The second-order valence-corrected chi connectivity index (χ2v) is 8.44. The summed E-state index contributed by atoms with van der Waals surface area (Å²) in [4.78, 5) is 3.46. The highest BCUT2D eigenvalue weighted by Crippen LogP contribution is 2.27. The molecule has 2 aromatic heterocycles. The van der Waals surface area contributed by atoms with Crippen LogP contribution in [0, 0.1) is 0 Å². The first-order valence-corrected chi connectivity index (χ1v) is 10.0. The van der Waals surface area contributed by atoms with Crippen molar-refractivity contribution in [1.82, 2.24) is 19.8 Å². The maximum Gasteiger partial charge on any atom is 0.208 e. The van der Waals surface area contributed by atoms with Gasteiger partial charge in [0.2, 0.25) is 10.0 Å².